The van der Waals surface area contributed by atoms with Gasteiger partial charge in [-0.3, -0.25) is 9.89 Å². The lowest BCUT2D eigenvalue weighted by molar-refractivity contribution is 0.0630. The van der Waals surface area contributed by atoms with Crippen LogP contribution in [0.5, 0.6) is 0 Å². The molecule has 2 fully saturated rings. The number of rotatable bonds is 2. The number of benzene rings is 1. The Morgan fingerprint density at radius 3 is 2.74 bits per heavy atom. The molecule has 6 rings (SSSR count). The van der Waals surface area contributed by atoms with Crippen LogP contribution in [0.1, 0.15) is 28.5 Å². The van der Waals surface area contributed by atoms with Crippen LogP contribution in [0.15, 0.2) is 24.3 Å². The van der Waals surface area contributed by atoms with E-state index >= 15 is 0 Å². The van der Waals surface area contributed by atoms with E-state index in [1.54, 1.807) is 6.92 Å². The fourth-order valence-electron chi connectivity index (χ4n) is 5.42. The quantitative estimate of drug-likeness (QED) is 0.662. The van der Waals surface area contributed by atoms with Gasteiger partial charge in [0, 0.05) is 71.7 Å². The maximum atomic E-state index is 14.2. The number of aromatic amines is 2. The zero-order valence-electron chi connectivity index (χ0n) is 17.6. The van der Waals surface area contributed by atoms with Crippen molar-refractivity contribution in [3.63, 3.8) is 0 Å². The van der Waals surface area contributed by atoms with E-state index in [1.165, 1.54) is 0 Å². The zero-order chi connectivity index (χ0) is 21.5. The average molecular weight is 425 g/mol. The van der Waals surface area contributed by atoms with Crippen molar-refractivity contribution in [2.75, 3.05) is 33.2 Å². The topological polar surface area (TPSA) is 68.0 Å². The van der Waals surface area contributed by atoms with Crippen LogP contribution in [0, 0.1) is 11.3 Å². The Labute approximate surface area is 178 Å². The van der Waals surface area contributed by atoms with Gasteiger partial charge in [0.05, 0.1) is 5.69 Å². The molecule has 2 atom stereocenters. The standard InChI is InChI=1S/C23H25F2N5O/c1-22-12-18-15(11-19(22)23(22,24)25)20(28-27-18)17-10-14-9-13(3-4-16(14)26-17)21(31)30-7-5-29(2)6-8-30/h3-4,9-10,19,26H,5-8,11-12H2,1-2H3,(H,27,28). The summed E-state index contributed by atoms with van der Waals surface area (Å²) in [4.78, 5) is 20.4. The third-order valence-corrected chi connectivity index (χ3v) is 7.70. The molecule has 0 radical (unpaired) electrons. The summed E-state index contributed by atoms with van der Waals surface area (Å²) in [6.07, 6.45) is 0.671. The second-order valence-electron chi connectivity index (χ2n) is 9.58. The molecule has 1 aliphatic heterocycles. The summed E-state index contributed by atoms with van der Waals surface area (Å²) >= 11 is 0. The third kappa shape index (κ3) is 2.63. The van der Waals surface area contributed by atoms with Crippen LogP contribution in [-0.4, -0.2) is 70.0 Å². The molecule has 1 saturated heterocycles. The number of halogens is 2. The Balaban J connectivity index is 1.30. The summed E-state index contributed by atoms with van der Waals surface area (Å²) in [6, 6.07) is 7.62. The molecule has 3 aromatic rings. The van der Waals surface area contributed by atoms with Crippen LogP contribution in [-0.2, 0) is 12.8 Å². The van der Waals surface area contributed by atoms with Gasteiger partial charge in [-0.2, -0.15) is 5.10 Å². The van der Waals surface area contributed by atoms with Gasteiger partial charge in [0.15, 0.2) is 0 Å². The number of hydrogen-bond acceptors (Lipinski definition) is 3. The second kappa shape index (κ2) is 6.16. The highest BCUT2D eigenvalue weighted by molar-refractivity contribution is 5.99. The van der Waals surface area contributed by atoms with E-state index in [0.29, 0.717) is 24.1 Å². The number of aromatic nitrogens is 3. The van der Waals surface area contributed by atoms with Gasteiger partial charge in [-0.15, -0.1) is 0 Å². The minimum absolute atomic E-state index is 0.0464. The lowest BCUT2D eigenvalue weighted by Crippen LogP contribution is -2.47. The number of alkyl halides is 2. The van der Waals surface area contributed by atoms with Crippen molar-refractivity contribution in [1.82, 2.24) is 25.0 Å². The zero-order valence-corrected chi connectivity index (χ0v) is 17.6. The Morgan fingerprint density at radius 2 is 1.97 bits per heavy atom. The van der Waals surface area contributed by atoms with E-state index < -0.39 is 17.3 Å². The molecule has 3 heterocycles. The molecule has 2 unspecified atom stereocenters. The smallest absolute Gasteiger partial charge is 0.258 e. The van der Waals surface area contributed by atoms with Crippen molar-refractivity contribution in [2.24, 2.45) is 11.3 Å². The van der Waals surface area contributed by atoms with E-state index in [0.717, 1.165) is 54.0 Å². The molecule has 2 N–H and O–H groups in total. The molecule has 1 aromatic carbocycles. The first-order valence-corrected chi connectivity index (χ1v) is 10.8. The monoisotopic (exact) mass is 425 g/mol. The number of H-pyrrole nitrogens is 2. The molecule has 3 aliphatic rings. The molecule has 6 nitrogen and oxygen atoms in total. The van der Waals surface area contributed by atoms with Gasteiger partial charge in [0.2, 0.25) is 0 Å². The van der Waals surface area contributed by atoms with Crippen LogP contribution < -0.4 is 0 Å². The summed E-state index contributed by atoms with van der Waals surface area (Å²) in [6.45, 7) is 4.89. The number of piperazine rings is 1. The Kier molecular flexibility index (Phi) is 3.77. The van der Waals surface area contributed by atoms with Crippen molar-refractivity contribution in [2.45, 2.75) is 25.7 Å². The molecule has 1 amide bonds. The number of likely N-dealkylation sites (N-methyl/N-ethyl adjacent to an activating group) is 1. The Bertz CT molecular complexity index is 1210. The summed E-state index contributed by atoms with van der Waals surface area (Å²) in [5.74, 6) is -3.17. The highest BCUT2D eigenvalue weighted by Crippen LogP contribution is 2.70. The maximum Gasteiger partial charge on any atom is 0.258 e. The minimum atomic E-state index is -2.61. The van der Waals surface area contributed by atoms with Crippen LogP contribution >= 0.6 is 0 Å². The van der Waals surface area contributed by atoms with Gasteiger partial charge in [-0.1, -0.05) is 6.92 Å². The SMILES string of the molecule is CN1CCN(C(=O)c2ccc3[nH]c(-c4n[nH]c5c4CC4C(F)(F)C4(C)C5)cc3c2)CC1. The fraction of sp³-hybridized carbons (Fsp3) is 0.478. The lowest BCUT2D eigenvalue weighted by Gasteiger charge is -2.32. The molecule has 31 heavy (non-hydrogen) atoms. The van der Waals surface area contributed by atoms with Crippen LogP contribution in [0.2, 0.25) is 0 Å². The fourth-order valence-corrected chi connectivity index (χ4v) is 5.42. The Morgan fingerprint density at radius 1 is 1.19 bits per heavy atom. The highest BCUT2D eigenvalue weighted by atomic mass is 19.3. The minimum Gasteiger partial charge on any atom is -0.353 e. The van der Waals surface area contributed by atoms with Crippen molar-refractivity contribution < 1.29 is 13.6 Å². The van der Waals surface area contributed by atoms with E-state index in [1.807, 2.05) is 29.2 Å². The molecule has 0 spiro atoms. The number of nitrogens with one attached hydrogen (secondary N) is 2. The predicted octanol–water partition coefficient (Wildman–Crippen LogP) is 3.32. The first-order valence-electron chi connectivity index (χ1n) is 10.8. The van der Waals surface area contributed by atoms with E-state index in [2.05, 4.69) is 27.1 Å². The second-order valence-corrected chi connectivity index (χ2v) is 9.58. The van der Waals surface area contributed by atoms with Crippen molar-refractivity contribution >= 4 is 16.8 Å². The van der Waals surface area contributed by atoms with Gasteiger partial charge in [-0.25, -0.2) is 8.78 Å². The lowest BCUT2D eigenvalue weighted by atomic mass is 9.87. The average Bonchev–Trinajstić information content (AvgIpc) is 3.14. The number of amides is 1. The first-order chi connectivity index (χ1) is 14.8. The number of nitrogens with zero attached hydrogens (tertiary/aromatic N) is 3. The van der Waals surface area contributed by atoms with Gasteiger partial charge in [-0.05, 0) is 37.7 Å². The van der Waals surface area contributed by atoms with Crippen molar-refractivity contribution in [1.29, 1.82) is 0 Å². The molecule has 2 aliphatic carbocycles. The summed E-state index contributed by atoms with van der Waals surface area (Å²) in [7, 11) is 2.06. The largest absolute Gasteiger partial charge is 0.353 e. The van der Waals surface area contributed by atoms with Gasteiger partial charge < -0.3 is 14.8 Å². The molecule has 2 aromatic heterocycles. The summed E-state index contributed by atoms with van der Waals surface area (Å²) in [5.41, 5.74) is 3.84. The molecule has 1 saturated carbocycles. The number of fused-ring (bicyclic) bond motifs is 3. The predicted molar refractivity (Wildman–Crippen MR) is 113 cm³/mol. The number of carbonyl (C=O) groups excluding carboxylic acids is 1. The number of hydrogen-bond donors (Lipinski definition) is 2. The van der Waals surface area contributed by atoms with Crippen molar-refractivity contribution in [3.05, 3.63) is 41.1 Å². The van der Waals surface area contributed by atoms with E-state index in [-0.39, 0.29) is 5.91 Å². The van der Waals surface area contributed by atoms with Gasteiger partial charge in [0.25, 0.3) is 11.8 Å². The molecule has 162 valence electrons. The van der Waals surface area contributed by atoms with E-state index in [9.17, 15) is 13.6 Å². The highest BCUT2D eigenvalue weighted by Gasteiger charge is 2.78. The molecular formula is C23H25F2N5O. The van der Waals surface area contributed by atoms with E-state index in [4.69, 9.17) is 0 Å². The Hall–Kier alpha value is -2.74. The van der Waals surface area contributed by atoms with Crippen LogP contribution in [0.25, 0.3) is 22.3 Å². The molecular weight excluding hydrogens is 400 g/mol. The maximum absolute atomic E-state index is 14.2. The molecule has 0 bridgehead atoms. The molecule has 8 heteroatoms. The van der Waals surface area contributed by atoms with Crippen molar-refractivity contribution in [3.8, 4) is 11.4 Å². The van der Waals surface area contributed by atoms with Gasteiger partial charge >= 0.3 is 0 Å². The summed E-state index contributed by atoms with van der Waals surface area (Å²) in [5, 5.41) is 8.37. The summed E-state index contributed by atoms with van der Waals surface area (Å²) < 4.78 is 28.5. The number of carbonyl (C=O) groups is 1. The third-order valence-electron chi connectivity index (χ3n) is 7.70. The van der Waals surface area contributed by atoms with Crippen LogP contribution in [0.3, 0.4) is 0 Å². The van der Waals surface area contributed by atoms with Gasteiger partial charge in [0.1, 0.15) is 5.69 Å². The van der Waals surface area contributed by atoms with Crippen LogP contribution in [0.4, 0.5) is 8.78 Å². The normalized spacial score (nSPS) is 27.2. The first kappa shape index (κ1) is 19.0.